The van der Waals surface area contributed by atoms with Gasteiger partial charge in [-0.15, -0.1) is 0 Å². The van der Waals surface area contributed by atoms with Crippen molar-refractivity contribution in [1.82, 2.24) is 4.90 Å². The minimum absolute atomic E-state index is 0.190. The molecule has 2 saturated carbocycles. The first-order valence-corrected chi connectivity index (χ1v) is 7.00. The van der Waals surface area contributed by atoms with Crippen molar-refractivity contribution in [2.45, 2.75) is 32.2 Å². The number of anilines is 1. The molecule has 0 aliphatic heterocycles. The molecule has 98 valence electrons. The molecule has 0 saturated heterocycles. The van der Waals surface area contributed by atoms with Crippen LogP contribution >= 0.6 is 0 Å². The molecule has 0 radical (unpaired) electrons. The highest BCUT2D eigenvalue weighted by Crippen LogP contribution is 2.34. The lowest BCUT2D eigenvalue weighted by molar-refractivity contribution is 0.244. The number of nitrogens with two attached hydrogens (primary N) is 1. The second kappa shape index (κ2) is 4.81. The Hall–Kier alpha value is -1.22. The van der Waals surface area contributed by atoms with Crippen LogP contribution in [0.25, 0.3) is 0 Å². The molecule has 0 heterocycles. The molecule has 1 aromatic carbocycles. The Bertz CT molecular complexity index is 411. The molecule has 18 heavy (non-hydrogen) atoms. The van der Waals surface area contributed by atoms with Gasteiger partial charge in [-0.25, -0.2) is 0 Å². The number of nitrogens with zero attached hydrogens (tertiary/aromatic N) is 1. The molecule has 0 unspecified atom stereocenters. The quantitative estimate of drug-likeness (QED) is 0.599. The third kappa shape index (κ3) is 3.16. The molecule has 1 aromatic rings. The monoisotopic (exact) mass is 246 g/mol. The first-order valence-electron chi connectivity index (χ1n) is 7.00. The second-order valence-electron chi connectivity index (χ2n) is 5.97. The van der Waals surface area contributed by atoms with Crippen LogP contribution in [-0.4, -0.2) is 23.1 Å². The fourth-order valence-corrected chi connectivity index (χ4v) is 2.50. The van der Waals surface area contributed by atoms with Crippen LogP contribution in [-0.2, 0) is 6.54 Å². The van der Waals surface area contributed by atoms with Crippen molar-refractivity contribution in [2.24, 2.45) is 11.8 Å². The van der Waals surface area contributed by atoms with Crippen molar-refractivity contribution < 1.29 is 5.11 Å². The summed E-state index contributed by atoms with van der Waals surface area (Å²) in [7, 11) is 0. The molecule has 0 spiro atoms. The van der Waals surface area contributed by atoms with Crippen LogP contribution in [0.5, 0.6) is 5.75 Å². The van der Waals surface area contributed by atoms with Gasteiger partial charge in [0.1, 0.15) is 5.75 Å². The maximum absolute atomic E-state index is 9.45. The van der Waals surface area contributed by atoms with Crippen LogP contribution in [0.4, 0.5) is 5.69 Å². The molecule has 3 N–H and O–H groups in total. The van der Waals surface area contributed by atoms with E-state index in [2.05, 4.69) is 4.90 Å². The predicted molar refractivity (Wildman–Crippen MR) is 73.2 cm³/mol. The van der Waals surface area contributed by atoms with Crippen LogP contribution in [0.1, 0.15) is 31.2 Å². The molecule has 3 nitrogen and oxygen atoms in total. The summed E-state index contributed by atoms with van der Waals surface area (Å²) >= 11 is 0. The molecule has 0 amide bonds. The third-order valence-electron chi connectivity index (χ3n) is 3.92. The Labute approximate surface area is 109 Å². The van der Waals surface area contributed by atoms with E-state index >= 15 is 0 Å². The zero-order chi connectivity index (χ0) is 12.5. The summed E-state index contributed by atoms with van der Waals surface area (Å²) in [6.45, 7) is 3.44. The minimum atomic E-state index is 0.190. The van der Waals surface area contributed by atoms with Gasteiger partial charge in [-0.05, 0) is 55.2 Å². The van der Waals surface area contributed by atoms with Gasteiger partial charge in [0.15, 0.2) is 0 Å². The van der Waals surface area contributed by atoms with E-state index in [1.54, 1.807) is 6.07 Å². The number of rotatable bonds is 6. The van der Waals surface area contributed by atoms with E-state index in [0.717, 1.165) is 18.4 Å². The van der Waals surface area contributed by atoms with E-state index < -0.39 is 0 Å². The van der Waals surface area contributed by atoms with Gasteiger partial charge in [0.25, 0.3) is 0 Å². The summed E-state index contributed by atoms with van der Waals surface area (Å²) in [6, 6.07) is 5.59. The Morgan fingerprint density at radius 2 is 1.72 bits per heavy atom. The number of hydrogen-bond donors (Lipinski definition) is 2. The standard InChI is InChI=1S/C15H22N2O/c16-14-7-13(5-6-15(14)18)10-17(8-11-1-2-11)9-12-3-4-12/h5-7,11-12,18H,1-4,8-10,16H2. The van der Waals surface area contributed by atoms with E-state index in [9.17, 15) is 5.11 Å². The SMILES string of the molecule is Nc1cc(CN(CC2CC2)CC2CC2)ccc1O. The van der Waals surface area contributed by atoms with Gasteiger partial charge >= 0.3 is 0 Å². The Balaban J connectivity index is 1.63. The highest BCUT2D eigenvalue weighted by molar-refractivity contribution is 5.53. The normalized spacial score (nSPS) is 19.4. The fraction of sp³-hybridized carbons (Fsp3) is 0.600. The average molecular weight is 246 g/mol. The average Bonchev–Trinajstić information content (AvgIpc) is 3.19. The number of nitrogen functional groups attached to an aromatic ring is 1. The van der Waals surface area contributed by atoms with E-state index in [4.69, 9.17) is 5.73 Å². The van der Waals surface area contributed by atoms with Crippen molar-refractivity contribution in [1.29, 1.82) is 0 Å². The maximum Gasteiger partial charge on any atom is 0.138 e. The molecule has 3 heteroatoms. The summed E-state index contributed by atoms with van der Waals surface area (Å²) in [5, 5.41) is 9.45. The van der Waals surface area contributed by atoms with Crippen molar-refractivity contribution >= 4 is 5.69 Å². The Morgan fingerprint density at radius 1 is 1.11 bits per heavy atom. The molecule has 2 aliphatic rings. The fourth-order valence-electron chi connectivity index (χ4n) is 2.50. The molecule has 2 fully saturated rings. The number of phenols is 1. The first kappa shape index (κ1) is 11.8. The van der Waals surface area contributed by atoms with E-state index in [0.29, 0.717) is 5.69 Å². The lowest BCUT2D eigenvalue weighted by atomic mass is 10.1. The number of benzene rings is 1. The molecule has 0 bridgehead atoms. The highest BCUT2D eigenvalue weighted by Gasteiger charge is 2.29. The van der Waals surface area contributed by atoms with Crippen LogP contribution in [0.2, 0.25) is 0 Å². The summed E-state index contributed by atoms with van der Waals surface area (Å²) in [5.41, 5.74) is 7.46. The number of phenolic OH excluding ortho intramolecular Hbond substituents is 1. The zero-order valence-corrected chi connectivity index (χ0v) is 10.8. The van der Waals surface area contributed by atoms with Crippen LogP contribution < -0.4 is 5.73 Å². The summed E-state index contributed by atoms with van der Waals surface area (Å²) in [5.74, 6) is 2.05. The van der Waals surface area contributed by atoms with E-state index in [1.807, 2.05) is 12.1 Å². The topological polar surface area (TPSA) is 49.5 Å². The first-order chi connectivity index (χ1) is 8.70. The summed E-state index contributed by atoms with van der Waals surface area (Å²) < 4.78 is 0. The van der Waals surface area contributed by atoms with Crippen molar-refractivity contribution in [2.75, 3.05) is 18.8 Å². The molecule has 2 aliphatic carbocycles. The van der Waals surface area contributed by atoms with Crippen molar-refractivity contribution in [3.8, 4) is 5.75 Å². The third-order valence-corrected chi connectivity index (χ3v) is 3.92. The molecular formula is C15H22N2O. The summed E-state index contributed by atoms with van der Waals surface area (Å²) in [4.78, 5) is 2.57. The Kier molecular flexibility index (Phi) is 3.16. The zero-order valence-electron chi connectivity index (χ0n) is 10.8. The molecule has 3 rings (SSSR count). The van der Waals surface area contributed by atoms with Gasteiger partial charge in [-0.3, -0.25) is 4.90 Å². The smallest absolute Gasteiger partial charge is 0.138 e. The number of hydrogen-bond acceptors (Lipinski definition) is 3. The van der Waals surface area contributed by atoms with Gasteiger partial charge in [-0.2, -0.15) is 0 Å². The largest absolute Gasteiger partial charge is 0.506 e. The van der Waals surface area contributed by atoms with Gasteiger partial charge < -0.3 is 10.8 Å². The van der Waals surface area contributed by atoms with E-state index in [1.165, 1.54) is 44.3 Å². The van der Waals surface area contributed by atoms with Crippen LogP contribution in [0.3, 0.4) is 0 Å². The van der Waals surface area contributed by atoms with Crippen molar-refractivity contribution in [3.63, 3.8) is 0 Å². The molecule has 0 atom stereocenters. The van der Waals surface area contributed by atoms with Crippen LogP contribution in [0, 0.1) is 11.8 Å². The highest BCUT2D eigenvalue weighted by atomic mass is 16.3. The number of aromatic hydroxyl groups is 1. The Morgan fingerprint density at radius 3 is 2.22 bits per heavy atom. The lowest BCUT2D eigenvalue weighted by Crippen LogP contribution is -2.27. The predicted octanol–water partition coefficient (Wildman–Crippen LogP) is 2.60. The van der Waals surface area contributed by atoms with Gasteiger partial charge in [0, 0.05) is 19.6 Å². The van der Waals surface area contributed by atoms with Gasteiger partial charge in [0.05, 0.1) is 5.69 Å². The maximum atomic E-state index is 9.45. The van der Waals surface area contributed by atoms with Crippen molar-refractivity contribution in [3.05, 3.63) is 23.8 Å². The van der Waals surface area contributed by atoms with Crippen LogP contribution in [0.15, 0.2) is 18.2 Å². The second-order valence-corrected chi connectivity index (χ2v) is 5.97. The van der Waals surface area contributed by atoms with Gasteiger partial charge in [0.2, 0.25) is 0 Å². The lowest BCUT2D eigenvalue weighted by Gasteiger charge is -2.22. The summed E-state index contributed by atoms with van der Waals surface area (Å²) in [6.07, 6.45) is 5.61. The minimum Gasteiger partial charge on any atom is -0.506 e. The molecular weight excluding hydrogens is 224 g/mol. The van der Waals surface area contributed by atoms with E-state index in [-0.39, 0.29) is 5.75 Å². The molecule has 0 aromatic heterocycles. The van der Waals surface area contributed by atoms with Gasteiger partial charge in [-0.1, -0.05) is 6.07 Å².